The molecule has 0 radical (unpaired) electrons. The van der Waals surface area contributed by atoms with Gasteiger partial charge in [0.05, 0.1) is 6.61 Å². The lowest BCUT2D eigenvalue weighted by Gasteiger charge is -2.18. The average molecular weight is 709 g/mol. The maximum Gasteiger partial charge on any atom is 0.469 e. The number of carbonyl (C=O) groups is 2. The molecule has 0 saturated carbocycles. The SMILES string of the molecule is CC/C=C\C/C=C\C/C=C\C/C=C\CCCCCCCCC(=O)OC(COC(=O)CCCCCCC/C=C\CCCCC)COP(=O)(O)O. The van der Waals surface area contributed by atoms with E-state index in [4.69, 9.17) is 19.3 Å². The van der Waals surface area contributed by atoms with E-state index in [9.17, 15) is 14.2 Å². The number of phosphoric ester groups is 1. The highest BCUT2D eigenvalue weighted by atomic mass is 31.2. The number of ether oxygens (including phenoxy) is 2. The number of allylic oxidation sites excluding steroid dienone is 10. The molecule has 282 valence electrons. The van der Waals surface area contributed by atoms with Crippen molar-refractivity contribution in [3.8, 4) is 0 Å². The van der Waals surface area contributed by atoms with Gasteiger partial charge in [0.15, 0.2) is 6.10 Å². The van der Waals surface area contributed by atoms with E-state index in [1.165, 1.54) is 19.3 Å². The van der Waals surface area contributed by atoms with Gasteiger partial charge in [0.1, 0.15) is 6.61 Å². The van der Waals surface area contributed by atoms with E-state index in [-0.39, 0.29) is 19.4 Å². The molecule has 0 rings (SSSR count). The van der Waals surface area contributed by atoms with Crippen LogP contribution in [0.2, 0.25) is 0 Å². The van der Waals surface area contributed by atoms with E-state index in [1.54, 1.807) is 0 Å². The predicted octanol–water partition coefficient (Wildman–Crippen LogP) is 11.3. The quantitative estimate of drug-likeness (QED) is 0.0293. The van der Waals surface area contributed by atoms with Gasteiger partial charge in [0, 0.05) is 12.8 Å². The summed E-state index contributed by atoms with van der Waals surface area (Å²) < 4.78 is 26.3. The van der Waals surface area contributed by atoms with Crippen LogP contribution in [-0.4, -0.2) is 41.0 Å². The molecule has 49 heavy (non-hydrogen) atoms. The Morgan fingerprint density at radius 1 is 0.551 bits per heavy atom. The number of unbranched alkanes of at least 4 members (excludes halogenated alkanes) is 14. The highest BCUT2D eigenvalue weighted by molar-refractivity contribution is 7.46. The van der Waals surface area contributed by atoms with Gasteiger partial charge in [-0.1, -0.05) is 132 Å². The van der Waals surface area contributed by atoms with Crippen molar-refractivity contribution in [1.82, 2.24) is 0 Å². The normalized spacial score (nSPS) is 13.1. The summed E-state index contributed by atoms with van der Waals surface area (Å²) in [6.45, 7) is 3.51. The first-order valence-corrected chi connectivity index (χ1v) is 20.6. The van der Waals surface area contributed by atoms with E-state index in [0.717, 1.165) is 103 Å². The third kappa shape index (κ3) is 38.4. The number of phosphoric acid groups is 1. The second kappa shape index (κ2) is 35.6. The zero-order valence-electron chi connectivity index (χ0n) is 30.8. The lowest BCUT2D eigenvalue weighted by molar-refractivity contribution is -0.161. The molecule has 2 N–H and O–H groups in total. The van der Waals surface area contributed by atoms with Crippen molar-refractivity contribution in [2.24, 2.45) is 0 Å². The van der Waals surface area contributed by atoms with Crippen LogP contribution in [0, 0.1) is 0 Å². The minimum absolute atomic E-state index is 0.191. The summed E-state index contributed by atoms with van der Waals surface area (Å²) in [5, 5.41) is 0. The molecule has 0 aliphatic heterocycles. The standard InChI is InChI=1S/C40H69O8P/c1-3-5-7-9-11-13-15-17-18-19-20-21-22-23-25-27-29-31-33-35-40(42)48-38(37-47-49(43,44)45)36-46-39(41)34-32-30-28-26-24-16-14-12-10-8-6-4-2/h5,7,11-14,17-18,20-21,38H,3-4,6,8-10,15-16,19,22-37H2,1-2H3,(H2,43,44,45)/b7-5-,13-11-,14-12-,18-17-,21-20-. The lowest BCUT2D eigenvalue weighted by Crippen LogP contribution is -2.29. The molecule has 8 nitrogen and oxygen atoms in total. The molecule has 0 fully saturated rings. The van der Waals surface area contributed by atoms with Gasteiger partial charge >= 0.3 is 19.8 Å². The van der Waals surface area contributed by atoms with E-state index in [2.05, 4.69) is 79.1 Å². The van der Waals surface area contributed by atoms with Crippen molar-refractivity contribution in [2.45, 2.75) is 168 Å². The molecule has 0 aliphatic rings. The molecule has 0 aliphatic carbocycles. The van der Waals surface area contributed by atoms with Crippen molar-refractivity contribution >= 4 is 19.8 Å². The predicted molar refractivity (Wildman–Crippen MR) is 202 cm³/mol. The molecule has 0 aromatic heterocycles. The van der Waals surface area contributed by atoms with Crippen LogP contribution in [0.1, 0.15) is 162 Å². The van der Waals surface area contributed by atoms with Gasteiger partial charge in [-0.25, -0.2) is 4.57 Å². The van der Waals surface area contributed by atoms with E-state index < -0.39 is 32.5 Å². The van der Waals surface area contributed by atoms with E-state index >= 15 is 0 Å². The zero-order chi connectivity index (χ0) is 36.1. The van der Waals surface area contributed by atoms with Crippen LogP contribution in [-0.2, 0) is 28.2 Å². The van der Waals surface area contributed by atoms with Gasteiger partial charge in [0.25, 0.3) is 0 Å². The molecular formula is C40H69O8P. The third-order valence-electron chi connectivity index (χ3n) is 7.77. The first-order valence-electron chi connectivity index (χ1n) is 19.1. The number of rotatable bonds is 34. The molecular weight excluding hydrogens is 639 g/mol. The molecule has 0 spiro atoms. The molecule has 9 heteroatoms. The van der Waals surface area contributed by atoms with Crippen LogP contribution >= 0.6 is 7.82 Å². The maximum absolute atomic E-state index is 12.4. The number of carbonyl (C=O) groups excluding carboxylic acids is 2. The molecule has 0 aromatic rings. The monoisotopic (exact) mass is 708 g/mol. The minimum atomic E-state index is -4.76. The summed E-state index contributed by atoms with van der Waals surface area (Å²) >= 11 is 0. The summed E-state index contributed by atoms with van der Waals surface area (Å²) in [4.78, 5) is 42.7. The van der Waals surface area contributed by atoms with Crippen LogP contribution in [0.4, 0.5) is 0 Å². The fourth-order valence-corrected chi connectivity index (χ4v) is 5.31. The van der Waals surface area contributed by atoms with Crippen molar-refractivity contribution in [2.75, 3.05) is 13.2 Å². The van der Waals surface area contributed by atoms with Crippen LogP contribution in [0.3, 0.4) is 0 Å². The fourth-order valence-electron chi connectivity index (χ4n) is 4.95. The van der Waals surface area contributed by atoms with Crippen molar-refractivity contribution in [3.05, 3.63) is 60.8 Å². The minimum Gasteiger partial charge on any atom is -0.462 e. The van der Waals surface area contributed by atoms with Gasteiger partial charge in [-0.2, -0.15) is 0 Å². The second-order valence-electron chi connectivity index (χ2n) is 12.5. The Bertz CT molecular complexity index is 979. The highest BCUT2D eigenvalue weighted by Crippen LogP contribution is 2.36. The van der Waals surface area contributed by atoms with Gasteiger partial charge in [-0.05, 0) is 77.0 Å². The summed E-state index contributed by atoms with van der Waals surface area (Å²) in [7, 11) is -4.76. The van der Waals surface area contributed by atoms with Crippen LogP contribution < -0.4 is 0 Å². The molecule has 0 bridgehead atoms. The van der Waals surface area contributed by atoms with E-state index in [1.807, 2.05) is 0 Å². The van der Waals surface area contributed by atoms with Crippen molar-refractivity contribution < 1.29 is 37.9 Å². The lowest BCUT2D eigenvalue weighted by atomic mass is 10.1. The summed E-state index contributed by atoms with van der Waals surface area (Å²) in [6, 6.07) is 0. The third-order valence-corrected chi connectivity index (χ3v) is 8.26. The summed E-state index contributed by atoms with van der Waals surface area (Å²) in [6.07, 6.45) is 43.7. The fraction of sp³-hybridized carbons (Fsp3) is 0.700. The largest absolute Gasteiger partial charge is 0.469 e. The topological polar surface area (TPSA) is 119 Å². The molecule has 0 heterocycles. The first kappa shape index (κ1) is 46.8. The maximum atomic E-state index is 12.4. The molecule has 0 aromatic carbocycles. The Labute approximate surface area is 298 Å². The van der Waals surface area contributed by atoms with Crippen LogP contribution in [0.25, 0.3) is 0 Å². The van der Waals surface area contributed by atoms with Crippen molar-refractivity contribution in [3.63, 3.8) is 0 Å². The molecule has 1 atom stereocenters. The van der Waals surface area contributed by atoms with Gasteiger partial charge < -0.3 is 19.3 Å². The van der Waals surface area contributed by atoms with Gasteiger partial charge in [-0.15, -0.1) is 0 Å². The molecule has 0 saturated heterocycles. The van der Waals surface area contributed by atoms with Gasteiger partial charge in [0.2, 0.25) is 0 Å². The zero-order valence-corrected chi connectivity index (χ0v) is 31.7. The number of hydrogen-bond acceptors (Lipinski definition) is 6. The smallest absolute Gasteiger partial charge is 0.462 e. The Hall–Kier alpha value is -2.25. The summed E-state index contributed by atoms with van der Waals surface area (Å²) in [5.74, 6) is -0.917. The molecule has 1 unspecified atom stereocenters. The van der Waals surface area contributed by atoms with Crippen molar-refractivity contribution in [1.29, 1.82) is 0 Å². The Morgan fingerprint density at radius 3 is 1.49 bits per heavy atom. The second-order valence-corrected chi connectivity index (χ2v) is 13.8. The Kier molecular flexibility index (Phi) is 33.9. The summed E-state index contributed by atoms with van der Waals surface area (Å²) in [5.41, 5.74) is 0. The average Bonchev–Trinajstić information content (AvgIpc) is 3.07. The van der Waals surface area contributed by atoms with Crippen LogP contribution in [0.15, 0.2) is 60.8 Å². The highest BCUT2D eigenvalue weighted by Gasteiger charge is 2.22. The molecule has 0 amide bonds. The van der Waals surface area contributed by atoms with Crippen LogP contribution in [0.5, 0.6) is 0 Å². The Balaban J connectivity index is 4.00. The first-order chi connectivity index (χ1) is 23.8. The number of hydrogen-bond donors (Lipinski definition) is 2. The van der Waals surface area contributed by atoms with Gasteiger partial charge in [-0.3, -0.25) is 14.1 Å². The number of esters is 2. The van der Waals surface area contributed by atoms with E-state index in [0.29, 0.717) is 12.8 Å². The Morgan fingerprint density at radius 2 is 0.980 bits per heavy atom.